The van der Waals surface area contributed by atoms with Gasteiger partial charge in [-0.2, -0.15) is 0 Å². The summed E-state index contributed by atoms with van der Waals surface area (Å²) in [6, 6.07) is 12.9. The van der Waals surface area contributed by atoms with E-state index in [1.807, 2.05) is 6.92 Å². The molecule has 180 valence electrons. The van der Waals surface area contributed by atoms with Crippen molar-refractivity contribution in [3.05, 3.63) is 112 Å². The van der Waals surface area contributed by atoms with Gasteiger partial charge in [-0.3, -0.25) is 0 Å². The minimum absolute atomic E-state index is 0.0152. The zero-order chi connectivity index (χ0) is 25.7. The zero-order valence-corrected chi connectivity index (χ0v) is 19.2. The molecule has 0 spiro atoms. The van der Waals surface area contributed by atoms with Crippen LogP contribution in [0, 0.1) is 52.8 Å². The first kappa shape index (κ1) is 24.8. The Bertz CT molecular complexity index is 1540. The third-order valence-electron chi connectivity index (χ3n) is 5.33. The smallest absolute Gasteiger partial charge is 0.166 e. The molecule has 0 heterocycles. The van der Waals surface area contributed by atoms with Gasteiger partial charge >= 0.3 is 0 Å². The molecule has 0 aromatic heterocycles. The Morgan fingerprint density at radius 2 is 1.42 bits per heavy atom. The van der Waals surface area contributed by atoms with Crippen molar-refractivity contribution in [1.82, 2.24) is 0 Å². The molecule has 0 radical (unpaired) electrons. The highest BCUT2D eigenvalue weighted by molar-refractivity contribution is 5.84. The molecule has 1 nitrogen and oxygen atoms in total. The van der Waals surface area contributed by atoms with Gasteiger partial charge in [-0.25, -0.2) is 22.0 Å². The van der Waals surface area contributed by atoms with E-state index in [2.05, 4.69) is 23.7 Å². The molecule has 0 amide bonds. The topological polar surface area (TPSA) is 9.23 Å². The Kier molecular flexibility index (Phi) is 7.56. The quantitative estimate of drug-likeness (QED) is 0.163. The minimum Gasteiger partial charge on any atom is -0.493 e. The molecular formula is C30H19F5O. The van der Waals surface area contributed by atoms with Gasteiger partial charge in [0.05, 0.1) is 17.7 Å². The van der Waals surface area contributed by atoms with E-state index in [0.29, 0.717) is 23.3 Å². The lowest BCUT2D eigenvalue weighted by atomic mass is 10.1. The largest absolute Gasteiger partial charge is 0.493 e. The molecule has 0 atom stereocenters. The van der Waals surface area contributed by atoms with Crippen molar-refractivity contribution in [3.63, 3.8) is 0 Å². The monoisotopic (exact) mass is 490 g/mol. The van der Waals surface area contributed by atoms with Gasteiger partial charge in [0.25, 0.3) is 0 Å². The number of benzene rings is 4. The van der Waals surface area contributed by atoms with Crippen LogP contribution < -0.4 is 4.74 Å². The van der Waals surface area contributed by atoms with Crippen molar-refractivity contribution in [2.24, 2.45) is 0 Å². The first-order chi connectivity index (χ1) is 17.4. The van der Waals surface area contributed by atoms with Crippen molar-refractivity contribution in [3.8, 4) is 29.4 Å². The van der Waals surface area contributed by atoms with Crippen LogP contribution in [0.1, 0.15) is 42.0 Å². The number of ether oxygens (including phenoxy) is 1. The van der Waals surface area contributed by atoms with E-state index in [4.69, 9.17) is 4.74 Å². The molecule has 0 aliphatic heterocycles. The predicted molar refractivity (Wildman–Crippen MR) is 129 cm³/mol. The highest BCUT2D eigenvalue weighted by Crippen LogP contribution is 2.22. The van der Waals surface area contributed by atoms with Crippen molar-refractivity contribution < 1.29 is 26.7 Å². The predicted octanol–water partition coefficient (Wildman–Crippen LogP) is 7.51. The van der Waals surface area contributed by atoms with Gasteiger partial charge in [0.15, 0.2) is 11.6 Å². The van der Waals surface area contributed by atoms with Crippen LogP contribution in [0.2, 0.25) is 0 Å². The molecule has 0 aliphatic rings. The van der Waals surface area contributed by atoms with E-state index >= 15 is 0 Å². The molecular weight excluding hydrogens is 471 g/mol. The van der Waals surface area contributed by atoms with Crippen molar-refractivity contribution in [2.75, 3.05) is 6.61 Å². The van der Waals surface area contributed by atoms with Gasteiger partial charge in [0.1, 0.15) is 23.2 Å². The summed E-state index contributed by atoms with van der Waals surface area (Å²) in [5, 5.41) is 0.482. The number of fused-ring (bicyclic) bond motifs is 1. The fourth-order valence-electron chi connectivity index (χ4n) is 3.40. The lowest BCUT2D eigenvalue weighted by molar-refractivity contribution is 0.308. The molecule has 6 heteroatoms. The Morgan fingerprint density at radius 1 is 0.667 bits per heavy atom. The van der Waals surface area contributed by atoms with Gasteiger partial charge < -0.3 is 4.74 Å². The van der Waals surface area contributed by atoms with Crippen LogP contribution in [0.5, 0.6) is 5.75 Å². The summed E-state index contributed by atoms with van der Waals surface area (Å²) in [6.07, 6.45) is 1.81. The van der Waals surface area contributed by atoms with Gasteiger partial charge in [0.2, 0.25) is 0 Å². The maximum Gasteiger partial charge on any atom is 0.166 e. The molecule has 0 unspecified atom stereocenters. The number of unbranched alkanes of at least 4 members (excludes halogenated alkanes) is 1. The molecule has 0 fully saturated rings. The normalized spacial score (nSPS) is 10.4. The van der Waals surface area contributed by atoms with Crippen LogP contribution >= 0.6 is 0 Å². The Balaban J connectivity index is 1.55. The summed E-state index contributed by atoms with van der Waals surface area (Å²) >= 11 is 0. The molecule has 0 bridgehead atoms. The van der Waals surface area contributed by atoms with Gasteiger partial charge in [-0.15, -0.1) is 0 Å². The summed E-state index contributed by atoms with van der Waals surface area (Å²) in [7, 11) is 0. The maximum atomic E-state index is 14.6. The average molecular weight is 490 g/mol. The molecule has 0 N–H and O–H groups in total. The molecule has 0 aliphatic carbocycles. The van der Waals surface area contributed by atoms with E-state index in [1.165, 1.54) is 36.4 Å². The maximum absolute atomic E-state index is 14.6. The molecule has 4 aromatic rings. The van der Waals surface area contributed by atoms with Gasteiger partial charge in [-0.1, -0.05) is 49.2 Å². The van der Waals surface area contributed by atoms with Crippen LogP contribution in [-0.2, 0) is 0 Å². The average Bonchev–Trinajstić information content (AvgIpc) is 2.85. The fourth-order valence-corrected chi connectivity index (χ4v) is 3.40. The van der Waals surface area contributed by atoms with Crippen LogP contribution in [0.25, 0.3) is 10.8 Å². The molecule has 0 saturated carbocycles. The van der Waals surface area contributed by atoms with E-state index in [9.17, 15) is 22.0 Å². The second-order valence-corrected chi connectivity index (χ2v) is 7.96. The first-order valence-corrected chi connectivity index (χ1v) is 11.2. The Morgan fingerprint density at radius 3 is 2.14 bits per heavy atom. The van der Waals surface area contributed by atoms with Crippen molar-refractivity contribution in [1.29, 1.82) is 0 Å². The van der Waals surface area contributed by atoms with Crippen molar-refractivity contribution in [2.45, 2.75) is 19.8 Å². The lowest BCUT2D eigenvalue weighted by Crippen LogP contribution is -1.97. The number of rotatable bonds is 4. The van der Waals surface area contributed by atoms with E-state index in [0.717, 1.165) is 31.0 Å². The zero-order valence-electron chi connectivity index (χ0n) is 19.2. The summed E-state index contributed by atoms with van der Waals surface area (Å²) in [5.74, 6) is 6.19. The van der Waals surface area contributed by atoms with Crippen molar-refractivity contribution >= 4 is 10.8 Å². The van der Waals surface area contributed by atoms with E-state index < -0.39 is 34.6 Å². The van der Waals surface area contributed by atoms with Crippen LogP contribution in [0.4, 0.5) is 22.0 Å². The molecule has 4 aromatic carbocycles. The van der Waals surface area contributed by atoms with Crippen LogP contribution in [0.15, 0.2) is 60.7 Å². The standard InChI is InChI=1S/C30H19F5O/c1-2-3-14-36-23-10-8-21(27(32)18-23)7-4-20-16-28(33)25(29(34)17-20)12-6-19-5-11-24-22(15-19)9-13-26(31)30(24)35/h5,8-11,13,15-18H,2-3,14H2,1H3. The van der Waals surface area contributed by atoms with Gasteiger partial charge in [-0.05, 0) is 54.3 Å². The molecule has 4 rings (SSSR count). The number of halogens is 5. The van der Waals surface area contributed by atoms with Crippen LogP contribution in [-0.4, -0.2) is 6.61 Å². The van der Waals surface area contributed by atoms with Crippen LogP contribution in [0.3, 0.4) is 0 Å². The highest BCUT2D eigenvalue weighted by Gasteiger charge is 2.10. The van der Waals surface area contributed by atoms with E-state index in [-0.39, 0.29) is 16.5 Å². The second-order valence-electron chi connectivity index (χ2n) is 7.96. The summed E-state index contributed by atoms with van der Waals surface area (Å²) < 4.78 is 76.1. The summed E-state index contributed by atoms with van der Waals surface area (Å²) in [5.41, 5.74) is -0.0176. The lowest BCUT2D eigenvalue weighted by Gasteiger charge is -2.05. The fraction of sp³-hybridized carbons (Fsp3) is 0.133. The number of hydrogen-bond acceptors (Lipinski definition) is 1. The second kappa shape index (κ2) is 11.0. The summed E-state index contributed by atoms with van der Waals surface area (Å²) in [4.78, 5) is 0. The minimum atomic E-state index is -0.975. The summed E-state index contributed by atoms with van der Waals surface area (Å²) in [6.45, 7) is 2.50. The molecule has 0 saturated heterocycles. The first-order valence-electron chi connectivity index (χ1n) is 11.2. The Hall–Kier alpha value is -4.29. The third kappa shape index (κ3) is 5.67. The Labute approximate surface area is 205 Å². The molecule has 36 heavy (non-hydrogen) atoms. The van der Waals surface area contributed by atoms with Gasteiger partial charge in [0, 0.05) is 22.6 Å². The third-order valence-corrected chi connectivity index (χ3v) is 5.33. The van der Waals surface area contributed by atoms with E-state index in [1.54, 1.807) is 6.07 Å². The number of hydrogen-bond donors (Lipinski definition) is 0. The highest BCUT2D eigenvalue weighted by atomic mass is 19.2. The SMILES string of the molecule is CCCCOc1ccc(C#Cc2cc(F)c(C#Cc3ccc4c(F)c(F)ccc4c3)c(F)c2)c(F)c1.